The molecule has 0 saturated carbocycles. The summed E-state index contributed by atoms with van der Waals surface area (Å²) in [6.45, 7) is 4.75. The van der Waals surface area contributed by atoms with Crippen molar-refractivity contribution in [1.82, 2.24) is 19.7 Å². The van der Waals surface area contributed by atoms with Gasteiger partial charge in [-0.3, -0.25) is 0 Å². The van der Waals surface area contributed by atoms with Gasteiger partial charge < -0.3 is 14.3 Å². The van der Waals surface area contributed by atoms with Crippen molar-refractivity contribution in [2.75, 3.05) is 0 Å². The normalized spacial score (nSPS) is 10.8. The van der Waals surface area contributed by atoms with Crippen LogP contribution >= 0.6 is 23.2 Å². The Morgan fingerprint density at radius 3 is 2.80 bits per heavy atom. The SMILES string of the molecule is CCCn1c(C)nnc1COC(=O)c1cc(Cl)c(Cl)[nH]1. The van der Waals surface area contributed by atoms with Crippen LogP contribution in [-0.4, -0.2) is 25.7 Å². The molecule has 0 amide bonds. The number of hydrogen-bond acceptors (Lipinski definition) is 4. The molecule has 0 aliphatic rings. The Morgan fingerprint density at radius 2 is 2.20 bits per heavy atom. The van der Waals surface area contributed by atoms with Crippen LogP contribution in [0.2, 0.25) is 10.2 Å². The van der Waals surface area contributed by atoms with Crippen LogP contribution in [0.1, 0.15) is 35.5 Å². The molecule has 2 aromatic heterocycles. The van der Waals surface area contributed by atoms with Gasteiger partial charge in [-0.15, -0.1) is 10.2 Å². The minimum absolute atomic E-state index is 0.0495. The summed E-state index contributed by atoms with van der Waals surface area (Å²) in [7, 11) is 0. The second kappa shape index (κ2) is 6.28. The van der Waals surface area contributed by atoms with E-state index in [1.54, 1.807) is 0 Å². The number of rotatable bonds is 5. The van der Waals surface area contributed by atoms with E-state index in [0.717, 1.165) is 18.8 Å². The van der Waals surface area contributed by atoms with Crippen LogP contribution in [0.25, 0.3) is 0 Å². The zero-order valence-electron chi connectivity index (χ0n) is 11.1. The number of H-pyrrole nitrogens is 1. The quantitative estimate of drug-likeness (QED) is 0.861. The van der Waals surface area contributed by atoms with E-state index in [9.17, 15) is 4.79 Å². The first-order valence-electron chi connectivity index (χ1n) is 6.12. The van der Waals surface area contributed by atoms with Crippen molar-refractivity contribution >= 4 is 29.2 Å². The lowest BCUT2D eigenvalue weighted by Gasteiger charge is -2.07. The lowest BCUT2D eigenvalue weighted by molar-refractivity contribution is 0.0451. The minimum atomic E-state index is -0.539. The Hall–Kier alpha value is -1.53. The third kappa shape index (κ3) is 3.13. The summed E-state index contributed by atoms with van der Waals surface area (Å²) >= 11 is 11.5. The average Bonchev–Trinajstić information content (AvgIpc) is 2.93. The van der Waals surface area contributed by atoms with Crippen molar-refractivity contribution in [3.63, 3.8) is 0 Å². The second-order valence-corrected chi connectivity index (χ2v) is 5.02. The zero-order valence-corrected chi connectivity index (χ0v) is 12.6. The molecule has 0 aliphatic carbocycles. The maximum Gasteiger partial charge on any atom is 0.355 e. The first-order valence-corrected chi connectivity index (χ1v) is 6.88. The highest BCUT2D eigenvalue weighted by atomic mass is 35.5. The molecule has 8 heteroatoms. The fraction of sp³-hybridized carbons (Fsp3) is 0.417. The number of esters is 1. The molecule has 0 saturated heterocycles. The van der Waals surface area contributed by atoms with E-state index in [2.05, 4.69) is 22.1 Å². The first kappa shape index (κ1) is 14.9. The molecule has 0 unspecified atom stereocenters. The van der Waals surface area contributed by atoms with Crippen molar-refractivity contribution in [3.05, 3.63) is 33.6 Å². The third-order valence-electron chi connectivity index (χ3n) is 2.74. The van der Waals surface area contributed by atoms with Crippen molar-refractivity contribution < 1.29 is 9.53 Å². The summed E-state index contributed by atoms with van der Waals surface area (Å²) in [6.07, 6.45) is 0.946. The van der Waals surface area contributed by atoms with Gasteiger partial charge >= 0.3 is 5.97 Å². The summed E-state index contributed by atoms with van der Waals surface area (Å²) in [5, 5.41) is 8.46. The number of carbonyl (C=O) groups excluding carboxylic acids is 1. The van der Waals surface area contributed by atoms with Crippen LogP contribution in [0.15, 0.2) is 6.07 Å². The molecule has 0 spiro atoms. The highest BCUT2D eigenvalue weighted by molar-refractivity contribution is 6.41. The lowest BCUT2D eigenvalue weighted by atomic mass is 10.4. The molecule has 0 aliphatic heterocycles. The number of nitrogens with one attached hydrogen (secondary N) is 1. The molecule has 1 N–H and O–H groups in total. The maximum atomic E-state index is 11.8. The molecule has 0 fully saturated rings. The van der Waals surface area contributed by atoms with Crippen LogP contribution in [-0.2, 0) is 17.9 Å². The van der Waals surface area contributed by atoms with E-state index in [1.807, 2.05) is 11.5 Å². The zero-order chi connectivity index (χ0) is 14.7. The van der Waals surface area contributed by atoms with Crippen molar-refractivity contribution in [3.8, 4) is 0 Å². The number of hydrogen-bond donors (Lipinski definition) is 1. The lowest BCUT2D eigenvalue weighted by Crippen LogP contribution is -2.11. The van der Waals surface area contributed by atoms with E-state index in [1.165, 1.54) is 6.07 Å². The van der Waals surface area contributed by atoms with E-state index >= 15 is 0 Å². The van der Waals surface area contributed by atoms with Crippen LogP contribution in [0, 0.1) is 6.92 Å². The summed E-state index contributed by atoms with van der Waals surface area (Å²) in [4.78, 5) is 14.5. The topological polar surface area (TPSA) is 72.8 Å². The third-order valence-corrected chi connectivity index (χ3v) is 3.43. The Balaban J connectivity index is 2.03. The van der Waals surface area contributed by atoms with Gasteiger partial charge in [-0.1, -0.05) is 30.1 Å². The number of halogens is 2. The standard InChI is InChI=1S/C12H14Cl2N4O2/c1-3-4-18-7(2)16-17-10(18)6-20-12(19)9-5-8(13)11(14)15-9/h5,15H,3-4,6H2,1-2H3. The summed E-state index contributed by atoms with van der Waals surface area (Å²) in [5.74, 6) is 0.868. The van der Waals surface area contributed by atoms with Crippen LogP contribution in [0.3, 0.4) is 0 Å². The van der Waals surface area contributed by atoms with Crippen molar-refractivity contribution in [1.29, 1.82) is 0 Å². The van der Waals surface area contributed by atoms with Crippen molar-refractivity contribution in [2.45, 2.75) is 33.4 Å². The van der Waals surface area contributed by atoms with E-state index in [4.69, 9.17) is 27.9 Å². The number of carbonyl (C=O) groups is 1. The molecular formula is C12H14Cl2N4O2. The van der Waals surface area contributed by atoms with Crippen LogP contribution in [0.5, 0.6) is 0 Å². The van der Waals surface area contributed by atoms with Gasteiger partial charge in [0.1, 0.15) is 16.7 Å². The Kier molecular flexibility index (Phi) is 4.67. The number of aromatic nitrogens is 4. The Labute approximate surface area is 126 Å². The summed E-state index contributed by atoms with van der Waals surface area (Å²) < 4.78 is 7.09. The molecule has 0 atom stereocenters. The average molecular weight is 317 g/mol. The van der Waals surface area contributed by atoms with Gasteiger partial charge in [-0.2, -0.15) is 0 Å². The monoisotopic (exact) mass is 316 g/mol. The largest absolute Gasteiger partial charge is 0.453 e. The summed E-state index contributed by atoms with van der Waals surface area (Å²) in [6, 6.07) is 1.42. The number of aryl methyl sites for hydroxylation is 1. The highest BCUT2D eigenvalue weighted by Gasteiger charge is 2.15. The van der Waals surface area contributed by atoms with Crippen LogP contribution in [0.4, 0.5) is 0 Å². The molecule has 2 aromatic rings. The van der Waals surface area contributed by atoms with E-state index in [-0.39, 0.29) is 22.5 Å². The van der Waals surface area contributed by atoms with Gasteiger partial charge in [0.2, 0.25) is 0 Å². The van der Waals surface area contributed by atoms with Gasteiger partial charge in [-0.25, -0.2) is 4.79 Å². The maximum absolute atomic E-state index is 11.8. The minimum Gasteiger partial charge on any atom is -0.453 e. The molecule has 6 nitrogen and oxygen atoms in total. The molecule has 0 radical (unpaired) electrons. The summed E-state index contributed by atoms with van der Waals surface area (Å²) in [5.41, 5.74) is 0.207. The molecular weight excluding hydrogens is 303 g/mol. The van der Waals surface area contributed by atoms with E-state index < -0.39 is 5.97 Å². The molecule has 20 heavy (non-hydrogen) atoms. The smallest absolute Gasteiger partial charge is 0.355 e. The van der Waals surface area contributed by atoms with Gasteiger partial charge in [-0.05, 0) is 19.4 Å². The fourth-order valence-electron chi connectivity index (χ4n) is 1.77. The molecule has 0 bridgehead atoms. The number of nitrogens with zero attached hydrogens (tertiary/aromatic N) is 3. The number of ether oxygens (including phenoxy) is 1. The number of aromatic amines is 1. The fourth-order valence-corrected chi connectivity index (χ4v) is 2.08. The second-order valence-electron chi connectivity index (χ2n) is 4.24. The predicted molar refractivity (Wildman–Crippen MR) is 75.0 cm³/mol. The van der Waals surface area contributed by atoms with Crippen LogP contribution < -0.4 is 0 Å². The Morgan fingerprint density at radius 1 is 1.45 bits per heavy atom. The molecule has 2 heterocycles. The van der Waals surface area contributed by atoms with E-state index in [0.29, 0.717) is 5.82 Å². The van der Waals surface area contributed by atoms with Gasteiger partial charge in [0.05, 0.1) is 5.02 Å². The Bertz CT molecular complexity index is 602. The first-order chi connectivity index (χ1) is 9.52. The van der Waals surface area contributed by atoms with Gasteiger partial charge in [0, 0.05) is 6.54 Å². The molecule has 108 valence electrons. The van der Waals surface area contributed by atoms with Gasteiger partial charge in [0.25, 0.3) is 0 Å². The van der Waals surface area contributed by atoms with Crippen molar-refractivity contribution in [2.24, 2.45) is 0 Å². The molecule has 0 aromatic carbocycles. The molecule has 2 rings (SSSR count). The highest BCUT2D eigenvalue weighted by Crippen LogP contribution is 2.22. The van der Waals surface area contributed by atoms with Gasteiger partial charge in [0.15, 0.2) is 12.4 Å². The predicted octanol–water partition coefficient (Wildman–Crippen LogP) is 2.99.